The van der Waals surface area contributed by atoms with Gasteiger partial charge in [-0.3, -0.25) is 4.79 Å². The molecule has 2 aromatic rings. The number of hydrogen-bond acceptors (Lipinski definition) is 4. The number of rotatable bonds is 5. The number of anilines is 1. The van der Waals surface area contributed by atoms with Gasteiger partial charge in [-0.25, -0.2) is 14.1 Å². The number of nitrogens with two attached hydrogens (primary N) is 1. The Morgan fingerprint density at radius 1 is 1.52 bits per heavy atom. The van der Waals surface area contributed by atoms with Crippen LogP contribution in [0.3, 0.4) is 0 Å². The fraction of sp³-hybridized carbons (Fsp3) is 0.357. The fourth-order valence-electron chi connectivity index (χ4n) is 1.78. The molecular weight excluding hydrogens is 273 g/mol. The Morgan fingerprint density at radius 2 is 2.29 bits per heavy atom. The Morgan fingerprint density at radius 3 is 2.81 bits per heavy atom. The minimum atomic E-state index is -0.666. The van der Waals surface area contributed by atoms with E-state index < -0.39 is 11.2 Å². The average molecular weight is 291 g/mol. The Hall–Kier alpha value is -2.28. The minimum absolute atomic E-state index is 0.222. The molecule has 2 rings (SSSR count). The molecule has 1 atom stereocenters. The van der Waals surface area contributed by atoms with Gasteiger partial charge in [0, 0.05) is 12.2 Å². The summed E-state index contributed by atoms with van der Waals surface area (Å²) in [6, 6.07) is 4.40. The van der Waals surface area contributed by atoms with Crippen LogP contribution in [-0.4, -0.2) is 27.2 Å². The van der Waals surface area contributed by atoms with E-state index in [1.165, 1.54) is 29.5 Å². The lowest BCUT2D eigenvalue weighted by Crippen LogP contribution is -2.39. The molecule has 6 nitrogen and oxygen atoms in total. The number of aromatic nitrogens is 3. The molecule has 112 valence electrons. The van der Waals surface area contributed by atoms with E-state index in [1.807, 2.05) is 6.92 Å². The number of hydrogen-bond donors (Lipinski definition) is 2. The summed E-state index contributed by atoms with van der Waals surface area (Å²) >= 11 is 0. The molecule has 0 aliphatic heterocycles. The third-order valence-electron chi connectivity index (χ3n) is 3.65. The molecule has 0 radical (unpaired) electrons. The van der Waals surface area contributed by atoms with Gasteiger partial charge in [-0.05, 0) is 31.5 Å². The lowest BCUT2D eigenvalue weighted by molar-refractivity contribution is -0.124. The number of amides is 1. The molecule has 1 heterocycles. The maximum absolute atomic E-state index is 14.1. The van der Waals surface area contributed by atoms with Gasteiger partial charge in [0.05, 0.1) is 5.41 Å². The molecule has 0 saturated carbocycles. The Kier molecular flexibility index (Phi) is 4.32. The van der Waals surface area contributed by atoms with Crippen molar-refractivity contribution in [3.05, 3.63) is 36.7 Å². The smallest absolute Gasteiger partial charge is 0.231 e. The number of halogens is 1. The summed E-state index contributed by atoms with van der Waals surface area (Å²) in [7, 11) is 0. The molecule has 1 aromatic heterocycles. The number of carbonyl (C=O) groups excluding carboxylic acids is 1. The van der Waals surface area contributed by atoms with E-state index in [4.69, 9.17) is 5.73 Å². The first kappa shape index (κ1) is 15.1. The first-order valence-electron chi connectivity index (χ1n) is 6.66. The summed E-state index contributed by atoms with van der Waals surface area (Å²) in [5.41, 5.74) is 5.62. The lowest BCUT2D eigenvalue weighted by Gasteiger charge is -2.25. The van der Waals surface area contributed by atoms with Crippen LogP contribution in [0.15, 0.2) is 30.9 Å². The molecule has 7 heteroatoms. The van der Waals surface area contributed by atoms with Gasteiger partial charge in [-0.2, -0.15) is 5.10 Å². The van der Waals surface area contributed by atoms with Crippen LogP contribution < -0.4 is 11.1 Å². The summed E-state index contributed by atoms with van der Waals surface area (Å²) in [5, 5.41) is 6.56. The first-order valence-corrected chi connectivity index (χ1v) is 6.66. The normalized spacial score (nSPS) is 13.7. The molecule has 1 unspecified atom stereocenters. The predicted octanol–water partition coefficient (Wildman–Crippen LogP) is 1.72. The highest BCUT2D eigenvalue weighted by Crippen LogP contribution is 2.23. The second kappa shape index (κ2) is 6.01. The van der Waals surface area contributed by atoms with Gasteiger partial charge >= 0.3 is 0 Å². The quantitative estimate of drug-likeness (QED) is 0.878. The minimum Gasteiger partial charge on any atom is -0.329 e. The van der Waals surface area contributed by atoms with Crippen LogP contribution in [0.2, 0.25) is 0 Å². The monoisotopic (exact) mass is 291 g/mol. The van der Waals surface area contributed by atoms with Crippen molar-refractivity contribution >= 4 is 11.6 Å². The first-order chi connectivity index (χ1) is 10.00. The predicted molar refractivity (Wildman–Crippen MR) is 77.4 cm³/mol. The van der Waals surface area contributed by atoms with Crippen molar-refractivity contribution in [3.8, 4) is 5.69 Å². The van der Waals surface area contributed by atoms with Crippen LogP contribution in [0.25, 0.3) is 5.69 Å². The fourth-order valence-corrected chi connectivity index (χ4v) is 1.78. The summed E-state index contributed by atoms with van der Waals surface area (Å²) < 4.78 is 15.4. The van der Waals surface area contributed by atoms with Gasteiger partial charge in [0.15, 0.2) is 5.82 Å². The molecule has 1 amide bonds. The van der Waals surface area contributed by atoms with Crippen molar-refractivity contribution in [2.24, 2.45) is 11.1 Å². The van der Waals surface area contributed by atoms with Crippen LogP contribution in [-0.2, 0) is 4.79 Å². The maximum atomic E-state index is 14.1. The van der Waals surface area contributed by atoms with E-state index in [0.29, 0.717) is 12.1 Å². The van der Waals surface area contributed by atoms with Crippen molar-refractivity contribution in [2.45, 2.75) is 20.3 Å². The van der Waals surface area contributed by atoms with Crippen molar-refractivity contribution in [1.82, 2.24) is 14.8 Å². The van der Waals surface area contributed by atoms with Crippen LogP contribution in [0, 0.1) is 11.2 Å². The topological polar surface area (TPSA) is 85.8 Å². The molecule has 0 spiro atoms. The molecule has 1 aromatic carbocycles. The molecule has 0 aliphatic carbocycles. The average Bonchev–Trinajstić information content (AvgIpc) is 3.00. The highest BCUT2D eigenvalue weighted by Gasteiger charge is 2.29. The van der Waals surface area contributed by atoms with Crippen LogP contribution >= 0.6 is 0 Å². The van der Waals surface area contributed by atoms with Crippen LogP contribution in [0.4, 0.5) is 10.1 Å². The Balaban J connectivity index is 2.20. The van der Waals surface area contributed by atoms with E-state index in [-0.39, 0.29) is 18.1 Å². The Labute approximate surface area is 122 Å². The number of nitrogens with zero attached hydrogens (tertiary/aromatic N) is 3. The Bertz CT molecular complexity index is 622. The van der Waals surface area contributed by atoms with E-state index in [0.717, 1.165) is 0 Å². The van der Waals surface area contributed by atoms with E-state index in [2.05, 4.69) is 15.4 Å². The molecule has 21 heavy (non-hydrogen) atoms. The van der Waals surface area contributed by atoms with Gasteiger partial charge in [0.2, 0.25) is 5.91 Å². The second-order valence-corrected chi connectivity index (χ2v) is 5.08. The van der Waals surface area contributed by atoms with E-state index >= 15 is 0 Å². The van der Waals surface area contributed by atoms with Crippen molar-refractivity contribution in [3.63, 3.8) is 0 Å². The van der Waals surface area contributed by atoms with Crippen LogP contribution in [0.1, 0.15) is 20.3 Å². The molecule has 3 N–H and O–H groups in total. The number of carbonyl (C=O) groups is 1. The summed E-state index contributed by atoms with van der Waals surface area (Å²) in [6.07, 6.45) is 3.33. The lowest BCUT2D eigenvalue weighted by atomic mass is 9.86. The standard InChI is InChI=1S/C14H18FN5O/c1-3-14(2,7-16)13(21)19-10-4-5-12(11(15)6-10)20-9-17-8-18-20/h4-6,8-9H,3,7,16H2,1-2H3,(H,19,21). The molecule has 0 aliphatic rings. The second-order valence-electron chi connectivity index (χ2n) is 5.08. The van der Waals surface area contributed by atoms with Gasteiger partial charge in [-0.15, -0.1) is 0 Å². The summed E-state index contributed by atoms with van der Waals surface area (Å²) in [6.45, 7) is 3.90. The third-order valence-corrected chi connectivity index (χ3v) is 3.65. The molecule has 0 saturated heterocycles. The summed E-state index contributed by atoms with van der Waals surface area (Å²) in [4.78, 5) is 15.9. The number of benzene rings is 1. The van der Waals surface area contributed by atoms with E-state index in [9.17, 15) is 9.18 Å². The SMILES string of the molecule is CCC(C)(CN)C(=O)Nc1ccc(-n2cncn2)c(F)c1. The van der Waals surface area contributed by atoms with Crippen molar-refractivity contribution in [1.29, 1.82) is 0 Å². The third kappa shape index (κ3) is 3.08. The van der Waals surface area contributed by atoms with Gasteiger partial charge in [-0.1, -0.05) is 6.92 Å². The molecule has 0 bridgehead atoms. The summed E-state index contributed by atoms with van der Waals surface area (Å²) in [5.74, 6) is -0.718. The molecule has 0 fully saturated rings. The zero-order valence-electron chi connectivity index (χ0n) is 12.0. The van der Waals surface area contributed by atoms with Crippen LogP contribution in [0.5, 0.6) is 0 Å². The van der Waals surface area contributed by atoms with Gasteiger partial charge in [0.25, 0.3) is 0 Å². The highest BCUT2D eigenvalue weighted by molar-refractivity contribution is 5.95. The van der Waals surface area contributed by atoms with E-state index in [1.54, 1.807) is 13.0 Å². The van der Waals surface area contributed by atoms with Crippen molar-refractivity contribution in [2.75, 3.05) is 11.9 Å². The largest absolute Gasteiger partial charge is 0.329 e. The van der Waals surface area contributed by atoms with Gasteiger partial charge < -0.3 is 11.1 Å². The zero-order valence-corrected chi connectivity index (χ0v) is 12.0. The van der Waals surface area contributed by atoms with Gasteiger partial charge in [0.1, 0.15) is 18.3 Å². The zero-order chi connectivity index (χ0) is 15.5. The maximum Gasteiger partial charge on any atom is 0.231 e. The highest BCUT2D eigenvalue weighted by atomic mass is 19.1. The molecular formula is C14H18FN5O. The van der Waals surface area contributed by atoms with Crippen molar-refractivity contribution < 1.29 is 9.18 Å². The number of nitrogens with one attached hydrogen (secondary N) is 1.